The van der Waals surface area contributed by atoms with E-state index in [1.165, 1.54) is 0 Å². The van der Waals surface area contributed by atoms with Crippen molar-refractivity contribution < 1.29 is 14.6 Å². The van der Waals surface area contributed by atoms with Gasteiger partial charge in [0.05, 0.1) is 30.4 Å². The predicted molar refractivity (Wildman–Crippen MR) is 162 cm³/mol. The van der Waals surface area contributed by atoms with Gasteiger partial charge in [-0.2, -0.15) is 5.10 Å². The van der Waals surface area contributed by atoms with Gasteiger partial charge in [-0.25, -0.2) is 4.98 Å². The molecule has 2 aromatic heterocycles. The number of rotatable bonds is 9. The lowest BCUT2D eigenvalue weighted by atomic mass is 9.80. The molecule has 0 bridgehead atoms. The molecule has 6 rings (SSSR count). The van der Waals surface area contributed by atoms with Gasteiger partial charge in [0.15, 0.2) is 5.69 Å². The number of aryl methyl sites for hydroxylation is 1. The molecule has 2 fully saturated rings. The lowest BCUT2D eigenvalue weighted by Crippen LogP contribution is -2.54. The number of methoxy groups -OCH3 is 1. The Balaban J connectivity index is 1.27. The van der Waals surface area contributed by atoms with Crippen LogP contribution in [0.3, 0.4) is 0 Å². The Hall–Kier alpha value is -3.79. The van der Waals surface area contributed by atoms with Gasteiger partial charge in [-0.05, 0) is 25.3 Å². The Morgan fingerprint density at radius 3 is 2.60 bits per heavy atom. The predicted octanol–water partition coefficient (Wildman–Crippen LogP) is 4.41. The SMILES string of the molecule is COC[C@]1(O)CCCC[C@H]1n1cnc(C(=O)N2CCNC[C@H]2CCn2ccc(-c3ccccc3)n2)c1-c1ccccc1. The zero-order valence-corrected chi connectivity index (χ0v) is 24.2. The first-order valence-corrected chi connectivity index (χ1v) is 15.0. The number of imidazole rings is 1. The smallest absolute Gasteiger partial charge is 0.275 e. The largest absolute Gasteiger partial charge is 0.385 e. The van der Waals surface area contributed by atoms with E-state index in [9.17, 15) is 9.90 Å². The Morgan fingerprint density at radius 2 is 1.83 bits per heavy atom. The van der Waals surface area contributed by atoms with Crippen molar-refractivity contribution in [2.24, 2.45) is 0 Å². The number of amides is 1. The van der Waals surface area contributed by atoms with Crippen molar-refractivity contribution in [2.45, 2.75) is 56.3 Å². The average molecular weight is 569 g/mol. The molecular formula is C33H40N6O3. The van der Waals surface area contributed by atoms with Crippen LogP contribution in [0.15, 0.2) is 79.3 Å². The van der Waals surface area contributed by atoms with Crippen LogP contribution < -0.4 is 5.32 Å². The van der Waals surface area contributed by atoms with Gasteiger partial charge in [0.1, 0.15) is 5.60 Å². The van der Waals surface area contributed by atoms with Crippen LogP contribution in [0.4, 0.5) is 0 Å². The molecule has 9 nitrogen and oxygen atoms in total. The Kier molecular flexibility index (Phi) is 8.51. The molecule has 42 heavy (non-hydrogen) atoms. The van der Waals surface area contributed by atoms with E-state index >= 15 is 0 Å². The normalized spacial score (nSPS) is 22.8. The van der Waals surface area contributed by atoms with E-state index in [1.54, 1.807) is 13.4 Å². The van der Waals surface area contributed by atoms with Gasteiger partial charge in [-0.1, -0.05) is 73.5 Å². The van der Waals surface area contributed by atoms with Crippen LogP contribution in [0.1, 0.15) is 48.6 Å². The van der Waals surface area contributed by atoms with Crippen molar-refractivity contribution in [3.63, 3.8) is 0 Å². The number of ether oxygens (including phenoxy) is 1. The fourth-order valence-electron chi connectivity index (χ4n) is 6.61. The number of nitrogens with zero attached hydrogens (tertiary/aromatic N) is 5. The summed E-state index contributed by atoms with van der Waals surface area (Å²) in [6.07, 6.45) is 7.93. The zero-order chi connectivity index (χ0) is 28.9. The van der Waals surface area contributed by atoms with Gasteiger partial charge in [0.25, 0.3) is 5.91 Å². The van der Waals surface area contributed by atoms with Crippen LogP contribution in [0, 0.1) is 0 Å². The second kappa shape index (κ2) is 12.6. The zero-order valence-electron chi connectivity index (χ0n) is 24.2. The second-order valence-corrected chi connectivity index (χ2v) is 11.5. The van der Waals surface area contributed by atoms with Crippen LogP contribution in [-0.2, 0) is 11.3 Å². The second-order valence-electron chi connectivity index (χ2n) is 11.5. The number of piperazine rings is 1. The van der Waals surface area contributed by atoms with Gasteiger partial charge in [0.2, 0.25) is 0 Å². The highest BCUT2D eigenvalue weighted by Crippen LogP contribution is 2.41. The fourth-order valence-corrected chi connectivity index (χ4v) is 6.61. The molecule has 1 aliphatic heterocycles. The molecule has 2 aromatic carbocycles. The first-order valence-electron chi connectivity index (χ1n) is 15.0. The maximum atomic E-state index is 14.3. The van der Waals surface area contributed by atoms with Crippen LogP contribution in [0.2, 0.25) is 0 Å². The third-order valence-electron chi connectivity index (χ3n) is 8.74. The summed E-state index contributed by atoms with van der Waals surface area (Å²) < 4.78 is 9.46. The summed E-state index contributed by atoms with van der Waals surface area (Å²) in [5.74, 6) is -0.0735. The number of carbonyl (C=O) groups is 1. The topological polar surface area (TPSA) is 97.4 Å². The molecule has 1 aliphatic carbocycles. The molecule has 3 atom stereocenters. The van der Waals surface area contributed by atoms with Gasteiger partial charge < -0.3 is 24.6 Å². The standard InChI is InChI=1S/C33H40N6O3/c1-42-23-33(41)17-9-8-14-29(33)39-24-35-30(31(39)26-12-6-3-7-13-26)32(40)38-21-18-34-22-27(38)15-19-37-20-16-28(36-37)25-10-4-2-5-11-25/h2-7,10-13,16,20,24,27,29,34,41H,8-9,14-15,17-19,21-23H2,1H3/t27-,29-,33-/m1/s1. The van der Waals surface area contributed by atoms with Gasteiger partial charge in [-0.15, -0.1) is 0 Å². The molecular weight excluding hydrogens is 528 g/mol. The summed E-state index contributed by atoms with van der Waals surface area (Å²) in [5.41, 5.74) is 3.13. The van der Waals surface area contributed by atoms with Crippen molar-refractivity contribution in [2.75, 3.05) is 33.4 Å². The van der Waals surface area contributed by atoms with Gasteiger partial charge in [0, 0.05) is 56.7 Å². The van der Waals surface area contributed by atoms with E-state index in [0.717, 1.165) is 61.3 Å². The van der Waals surface area contributed by atoms with E-state index in [1.807, 2.05) is 74.9 Å². The maximum Gasteiger partial charge on any atom is 0.275 e. The summed E-state index contributed by atoms with van der Waals surface area (Å²) in [6, 6.07) is 21.9. The lowest BCUT2D eigenvalue weighted by molar-refractivity contribution is -0.0893. The van der Waals surface area contributed by atoms with E-state index in [2.05, 4.69) is 17.4 Å². The molecule has 1 amide bonds. The quantitative estimate of drug-likeness (QED) is 0.311. The molecule has 0 unspecified atom stereocenters. The molecule has 2 aliphatic rings. The third-order valence-corrected chi connectivity index (χ3v) is 8.74. The number of benzene rings is 2. The minimum atomic E-state index is -1.02. The summed E-state index contributed by atoms with van der Waals surface area (Å²) in [7, 11) is 1.63. The number of aliphatic hydroxyl groups is 1. The molecule has 2 N–H and O–H groups in total. The van der Waals surface area contributed by atoms with Crippen LogP contribution in [0.5, 0.6) is 0 Å². The van der Waals surface area contributed by atoms with Crippen molar-refractivity contribution in [3.8, 4) is 22.5 Å². The Labute approximate surface area is 247 Å². The molecule has 1 saturated carbocycles. The van der Waals surface area contributed by atoms with E-state index in [4.69, 9.17) is 14.8 Å². The van der Waals surface area contributed by atoms with Crippen molar-refractivity contribution in [3.05, 3.63) is 84.9 Å². The van der Waals surface area contributed by atoms with E-state index in [0.29, 0.717) is 25.2 Å². The average Bonchev–Trinajstić information content (AvgIpc) is 3.69. The van der Waals surface area contributed by atoms with Crippen molar-refractivity contribution in [1.82, 2.24) is 29.5 Å². The van der Waals surface area contributed by atoms with Gasteiger partial charge >= 0.3 is 0 Å². The lowest BCUT2D eigenvalue weighted by Gasteiger charge is -2.41. The first kappa shape index (κ1) is 28.3. The third kappa shape index (κ3) is 5.77. The summed E-state index contributed by atoms with van der Waals surface area (Å²) in [5, 5.41) is 19.9. The molecule has 9 heteroatoms. The maximum absolute atomic E-state index is 14.3. The molecule has 0 radical (unpaired) electrons. The number of nitrogens with one attached hydrogen (secondary N) is 1. The minimum Gasteiger partial charge on any atom is -0.385 e. The number of hydrogen-bond donors (Lipinski definition) is 2. The highest BCUT2D eigenvalue weighted by atomic mass is 16.5. The molecule has 1 saturated heterocycles. The molecule has 3 heterocycles. The monoisotopic (exact) mass is 568 g/mol. The summed E-state index contributed by atoms with van der Waals surface area (Å²) in [6.45, 7) is 3.01. The van der Waals surface area contributed by atoms with E-state index in [-0.39, 0.29) is 24.6 Å². The molecule has 0 spiro atoms. The summed E-state index contributed by atoms with van der Waals surface area (Å²) >= 11 is 0. The Bertz CT molecular complexity index is 1470. The molecule has 220 valence electrons. The Morgan fingerprint density at radius 1 is 1.07 bits per heavy atom. The van der Waals surface area contributed by atoms with Crippen LogP contribution >= 0.6 is 0 Å². The van der Waals surface area contributed by atoms with Crippen molar-refractivity contribution >= 4 is 5.91 Å². The first-order chi connectivity index (χ1) is 20.6. The van der Waals surface area contributed by atoms with Gasteiger partial charge in [-0.3, -0.25) is 9.48 Å². The number of carbonyl (C=O) groups excluding carboxylic acids is 1. The van der Waals surface area contributed by atoms with Crippen molar-refractivity contribution in [1.29, 1.82) is 0 Å². The molecule has 4 aromatic rings. The van der Waals surface area contributed by atoms with Crippen LogP contribution in [-0.4, -0.2) is 80.2 Å². The fraction of sp³-hybridized carbons (Fsp3) is 0.424. The minimum absolute atomic E-state index is 0.00417. The van der Waals surface area contributed by atoms with E-state index < -0.39 is 5.60 Å². The number of aromatic nitrogens is 4. The number of hydrogen-bond acceptors (Lipinski definition) is 6. The highest BCUT2D eigenvalue weighted by Gasteiger charge is 2.42. The van der Waals surface area contributed by atoms with Crippen LogP contribution in [0.25, 0.3) is 22.5 Å². The highest BCUT2D eigenvalue weighted by molar-refractivity contribution is 5.98. The summed E-state index contributed by atoms with van der Waals surface area (Å²) in [4.78, 5) is 21.0.